The van der Waals surface area contributed by atoms with Crippen molar-refractivity contribution in [3.63, 3.8) is 0 Å². The first-order valence-corrected chi connectivity index (χ1v) is 10.6. The topological polar surface area (TPSA) is 74.0 Å². The Balaban J connectivity index is 1.38. The van der Waals surface area contributed by atoms with E-state index in [-0.39, 0.29) is 12.6 Å². The van der Waals surface area contributed by atoms with Crippen LogP contribution in [0.3, 0.4) is 0 Å². The summed E-state index contributed by atoms with van der Waals surface area (Å²) in [6.07, 6.45) is 1.69. The minimum atomic E-state index is -0.291. The number of halogens is 1. The second-order valence-electron chi connectivity index (χ2n) is 7.69. The van der Waals surface area contributed by atoms with Crippen molar-refractivity contribution in [2.24, 2.45) is 0 Å². The van der Waals surface area contributed by atoms with Gasteiger partial charge in [0, 0.05) is 17.6 Å². The molecule has 0 saturated heterocycles. The van der Waals surface area contributed by atoms with Crippen molar-refractivity contribution in [2.75, 3.05) is 5.32 Å². The number of carbonyl (C=O) groups excluding carboxylic acids is 1. The predicted molar refractivity (Wildman–Crippen MR) is 124 cm³/mol. The van der Waals surface area contributed by atoms with E-state index >= 15 is 0 Å². The number of nitrogens with zero attached hydrogens (tertiary/aromatic N) is 4. The summed E-state index contributed by atoms with van der Waals surface area (Å²) in [6.45, 7) is 6.75. The molecule has 1 amide bonds. The number of amides is 1. The maximum absolute atomic E-state index is 12.7. The van der Waals surface area contributed by atoms with E-state index in [0.29, 0.717) is 28.7 Å². The van der Waals surface area contributed by atoms with Crippen molar-refractivity contribution < 1.29 is 9.53 Å². The number of aryl methyl sites for hydroxylation is 3. The molecule has 2 aromatic carbocycles. The van der Waals surface area contributed by atoms with Gasteiger partial charge in [-0.05, 0) is 68.3 Å². The molecule has 7 nitrogen and oxygen atoms in total. The number of aromatic nitrogens is 4. The Morgan fingerprint density at radius 3 is 2.69 bits per heavy atom. The first-order valence-electron chi connectivity index (χ1n) is 10.2. The van der Waals surface area contributed by atoms with Crippen LogP contribution < -0.4 is 10.1 Å². The van der Waals surface area contributed by atoms with Crippen molar-refractivity contribution in [3.05, 3.63) is 94.0 Å². The van der Waals surface area contributed by atoms with Gasteiger partial charge < -0.3 is 10.1 Å². The number of anilines is 1. The molecule has 4 aromatic rings. The van der Waals surface area contributed by atoms with Gasteiger partial charge in [-0.25, -0.2) is 4.68 Å². The summed E-state index contributed by atoms with van der Waals surface area (Å²) in [5.74, 6) is 0.285. The summed E-state index contributed by atoms with van der Waals surface area (Å²) in [4.78, 5) is 12.7. The van der Waals surface area contributed by atoms with Crippen molar-refractivity contribution in [1.82, 2.24) is 19.6 Å². The first kappa shape index (κ1) is 21.6. The van der Waals surface area contributed by atoms with Crippen molar-refractivity contribution in [1.29, 1.82) is 0 Å². The molecule has 0 aliphatic heterocycles. The van der Waals surface area contributed by atoms with Gasteiger partial charge in [0.1, 0.15) is 5.75 Å². The molecule has 0 spiro atoms. The van der Waals surface area contributed by atoms with Gasteiger partial charge in [-0.1, -0.05) is 29.8 Å². The molecule has 0 aliphatic rings. The van der Waals surface area contributed by atoms with Gasteiger partial charge in [0.15, 0.2) is 12.4 Å². The molecule has 0 saturated carbocycles. The molecular weight excluding hydrogens is 426 g/mol. The van der Waals surface area contributed by atoms with Crippen LogP contribution in [-0.2, 0) is 13.3 Å². The number of benzene rings is 2. The lowest BCUT2D eigenvalue weighted by atomic mass is 10.2. The highest BCUT2D eigenvalue weighted by molar-refractivity contribution is 6.32. The van der Waals surface area contributed by atoms with Crippen LogP contribution >= 0.6 is 11.6 Å². The van der Waals surface area contributed by atoms with Crippen LogP contribution in [0.2, 0.25) is 5.02 Å². The molecule has 0 fully saturated rings. The van der Waals surface area contributed by atoms with E-state index in [1.165, 1.54) is 0 Å². The first-order chi connectivity index (χ1) is 15.4. The number of nitrogens with one attached hydrogen (secondary N) is 1. The molecule has 0 atom stereocenters. The van der Waals surface area contributed by atoms with Gasteiger partial charge in [0.2, 0.25) is 0 Å². The van der Waals surface area contributed by atoms with Gasteiger partial charge in [0.25, 0.3) is 5.91 Å². The monoisotopic (exact) mass is 449 g/mol. The van der Waals surface area contributed by atoms with Crippen LogP contribution in [0.5, 0.6) is 5.75 Å². The number of hydrogen-bond donors (Lipinski definition) is 1. The van der Waals surface area contributed by atoms with E-state index in [4.69, 9.17) is 16.3 Å². The maximum atomic E-state index is 12.7. The lowest BCUT2D eigenvalue weighted by Gasteiger charge is -2.09. The van der Waals surface area contributed by atoms with E-state index in [1.807, 2.05) is 67.9 Å². The highest BCUT2D eigenvalue weighted by Crippen LogP contribution is 2.25. The summed E-state index contributed by atoms with van der Waals surface area (Å²) in [6, 6.07) is 17.0. The third-order valence-corrected chi connectivity index (χ3v) is 5.25. The average molecular weight is 450 g/mol. The zero-order valence-electron chi connectivity index (χ0n) is 18.2. The van der Waals surface area contributed by atoms with Gasteiger partial charge in [-0.2, -0.15) is 10.2 Å². The highest BCUT2D eigenvalue weighted by Gasteiger charge is 2.11. The molecule has 1 N–H and O–H groups in total. The number of rotatable bonds is 7. The zero-order chi connectivity index (χ0) is 22.7. The lowest BCUT2D eigenvalue weighted by Crippen LogP contribution is -2.14. The van der Waals surface area contributed by atoms with Crippen LogP contribution in [0.15, 0.2) is 60.8 Å². The normalized spacial score (nSPS) is 10.9. The van der Waals surface area contributed by atoms with Crippen LogP contribution in [0.4, 0.5) is 5.69 Å². The largest absolute Gasteiger partial charge is 0.470 e. The Bertz CT molecular complexity index is 1260. The van der Waals surface area contributed by atoms with Crippen molar-refractivity contribution >= 4 is 23.2 Å². The molecule has 0 bridgehead atoms. The number of ether oxygens (including phenoxy) is 1. The van der Waals surface area contributed by atoms with E-state index < -0.39 is 0 Å². The van der Waals surface area contributed by atoms with E-state index in [2.05, 4.69) is 15.5 Å². The Kier molecular flexibility index (Phi) is 6.28. The van der Waals surface area contributed by atoms with Crippen molar-refractivity contribution in [3.8, 4) is 5.75 Å². The van der Waals surface area contributed by atoms with Gasteiger partial charge in [-0.3, -0.25) is 9.48 Å². The molecular formula is C24H24ClN5O2. The summed E-state index contributed by atoms with van der Waals surface area (Å²) < 4.78 is 9.22. The van der Waals surface area contributed by atoms with Crippen LogP contribution in [0.1, 0.15) is 33.0 Å². The summed E-state index contributed by atoms with van der Waals surface area (Å²) in [5, 5.41) is 12.2. The fraction of sp³-hybridized carbons (Fsp3) is 0.208. The Hall–Kier alpha value is -3.58. The third-order valence-electron chi connectivity index (χ3n) is 4.93. The van der Waals surface area contributed by atoms with Gasteiger partial charge in [-0.15, -0.1) is 0 Å². The average Bonchev–Trinajstić information content (AvgIpc) is 3.35. The molecule has 0 aliphatic carbocycles. The maximum Gasteiger partial charge on any atom is 0.276 e. The lowest BCUT2D eigenvalue weighted by molar-refractivity contribution is 0.102. The van der Waals surface area contributed by atoms with Gasteiger partial charge in [0.05, 0.1) is 17.3 Å². The quantitative estimate of drug-likeness (QED) is 0.431. The second kappa shape index (κ2) is 9.28. The minimum Gasteiger partial charge on any atom is -0.470 e. The Morgan fingerprint density at radius 2 is 1.91 bits per heavy atom. The molecule has 164 valence electrons. The third kappa shape index (κ3) is 5.18. The fourth-order valence-corrected chi connectivity index (χ4v) is 3.53. The smallest absolute Gasteiger partial charge is 0.276 e. The van der Waals surface area contributed by atoms with E-state index in [9.17, 15) is 4.79 Å². The molecule has 2 aromatic heterocycles. The SMILES string of the molecule is Cc1ccc(Cl)c(OCn2ccc(C(=O)Nc3cccc(Cn4nc(C)cc4C)c3)n2)c1. The molecule has 32 heavy (non-hydrogen) atoms. The molecule has 4 rings (SSSR count). The molecule has 8 heteroatoms. The zero-order valence-corrected chi connectivity index (χ0v) is 18.9. The predicted octanol–water partition coefficient (Wildman–Crippen LogP) is 5.00. The van der Waals surface area contributed by atoms with Gasteiger partial charge >= 0.3 is 0 Å². The second-order valence-corrected chi connectivity index (χ2v) is 8.09. The summed E-state index contributed by atoms with van der Waals surface area (Å²) in [5.41, 5.74) is 5.17. The van der Waals surface area contributed by atoms with Crippen LogP contribution in [0, 0.1) is 20.8 Å². The van der Waals surface area contributed by atoms with E-state index in [1.54, 1.807) is 23.0 Å². The molecule has 2 heterocycles. The highest BCUT2D eigenvalue weighted by atomic mass is 35.5. The number of hydrogen-bond acceptors (Lipinski definition) is 4. The molecule has 0 radical (unpaired) electrons. The standard InChI is InChI=1S/C24H24ClN5O2/c1-16-7-8-21(25)23(11-16)32-15-29-10-9-22(28-29)24(31)26-20-6-4-5-19(13-20)14-30-18(3)12-17(2)27-30/h4-13H,14-15H2,1-3H3,(H,26,31). The molecule has 0 unspecified atom stereocenters. The number of carbonyl (C=O) groups is 1. The van der Waals surface area contributed by atoms with Crippen molar-refractivity contribution in [2.45, 2.75) is 34.0 Å². The summed E-state index contributed by atoms with van der Waals surface area (Å²) in [7, 11) is 0. The Morgan fingerprint density at radius 1 is 1.06 bits per heavy atom. The Labute approximate surface area is 191 Å². The minimum absolute atomic E-state index is 0.147. The fourth-order valence-electron chi connectivity index (χ4n) is 3.36. The van der Waals surface area contributed by atoms with Crippen LogP contribution in [-0.4, -0.2) is 25.5 Å². The van der Waals surface area contributed by atoms with Crippen LogP contribution in [0.25, 0.3) is 0 Å². The van der Waals surface area contributed by atoms with E-state index in [0.717, 1.165) is 22.5 Å². The summed E-state index contributed by atoms with van der Waals surface area (Å²) >= 11 is 6.16.